The molecule has 0 bridgehead atoms. The Balaban J connectivity index is 2.75. The highest BCUT2D eigenvalue weighted by molar-refractivity contribution is 5.36. The Hall–Kier alpha value is -1.24. The lowest BCUT2D eigenvalue weighted by molar-refractivity contribution is 0.420. The van der Waals surface area contributed by atoms with Crippen LogP contribution in [0.5, 0.6) is 0 Å². The van der Waals surface area contributed by atoms with Crippen LogP contribution in [-0.4, -0.2) is 5.11 Å². The maximum absolute atomic E-state index is 9.30. The highest BCUT2D eigenvalue weighted by Gasteiger charge is 2.01. The van der Waals surface area contributed by atoms with Gasteiger partial charge in [-0.1, -0.05) is 30.4 Å². The Morgan fingerprint density at radius 2 is 2.36 bits per heavy atom. The molecule has 0 aliphatic heterocycles. The highest BCUT2D eigenvalue weighted by Crippen LogP contribution is 2.16. The van der Waals surface area contributed by atoms with E-state index in [1.807, 2.05) is 37.3 Å². The first-order valence-corrected chi connectivity index (χ1v) is 3.72. The predicted octanol–water partition coefficient (Wildman–Crippen LogP) is 2.89. The van der Waals surface area contributed by atoms with E-state index < -0.39 is 0 Å². The quantitative estimate of drug-likeness (QED) is 0.606. The summed E-state index contributed by atoms with van der Waals surface area (Å²) in [5, 5.41) is 9.30. The first-order valence-electron chi connectivity index (χ1n) is 3.72. The van der Waals surface area contributed by atoms with E-state index in [0.717, 1.165) is 12.0 Å². The largest absolute Gasteiger partial charge is 0.508 e. The van der Waals surface area contributed by atoms with Gasteiger partial charge in [-0.3, -0.25) is 0 Å². The highest BCUT2D eigenvalue weighted by atomic mass is 16.3. The van der Waals surface area contributed by atoms with Crippen LogP contribution in [0.4, 0.5) is 0 Å². The minimum atomic E-state index is 0.380. The third-order valence-electron chi connectivity index (χ3n) is 1.55. The summed E-state index contributed by atoms with van der Waals surface area (Å²) in [6, 6.07) is 0. The molecule has 0 amide bonds. The van der Waals surface area contributed by atoms with Gasteiger partial charge in [0.1, 0.15) is 5.76 Å². The van der Waals surface area contributed by atoms with Gasteiger partial charge in [-0.15, -0.1) is 0 Å². The molecule has 1 N–H and O–H groups in total. The molecule has 0 unspecified atom stereocenters. The second-order valence-corrected chi connectivity index (χ2v) is 2.40. The first-order chi connectivity index (χ1) is 5.34. The van der Waals surface area contributed by atoms with Gasteiger partial charge in [-0.25, -0.2) is 0 Å². The van der Waals surface area contributed by atoms with E-state index in [4.69, 9.17) is 0 Å². The van der Waals surface area contributed by atoms with Crippen molar-refractivity contribution in [3.8, 4) is 0 Å². The van der Waals surface area contributed by atoms with Gasteiger partial charge in [0.25, 0.3) is 0 Å². The molecule has 0 atom stereocenters. The predicted molar refractivity (Wildman–Crippen MR) is 47.4 cm³/mol. The molecule has 0 aromatic heterocycles. The van der Waals surface area contributed by atoms with E-state index in [-0.39, 0.29) is 0 Å². The molecule has 1 aliphatic rings. The van der Waals surface area contributed by atoms with Crippen molar-refractivity contribution in [2.75, 3.05) is 0 Å². The van der Waals surface area contributed by atoms with Crippen molar-refractivity contribution in [2.24, 2.45) is 0 Å². The molecule has 58 valence electrons. The first kappa shape index (κ1) is 7.86. The van der Waals surface area contributed by atoms with Crippen LogP contribution in [0.3, 0.4) is 0 Å². The molecule has 0 aromatic rings. The van der Waals surface area contributed by atoms with E-state index in [1.54, 1.807) is 6.08 Å². The van der Waals surface area contributed by atoms with Gasteiger partial charge in [0.15, 0.2) is 0 Å². The molecule has 0 radical (unpaired) electrons. The van der Waals surface area contributed by atoms with Gasteiger partial charge in [-0.05, 0) is 25.0 Å². The summed E-state index contributed by atoms with van der Waals surface area (Å²) in [7, 11) is 0. The lowest BCUT2D eigenvalue weighted by atomic mass is 10.1. The molecule has 11 heavy (non-hydrogen) atoms. The van der Waals surface area contributed by atoms with Crippen LogP contribution >= 0.6 is 0 Å². The van der Waals surface area contributed by atoms with Gasteiger partial charge in [-0.2, -0.15) is 0 Å². The Labute approximate surface area is 67.1 Å². The van der Waals surface area contributed by atoms with Crippen molar-refractivity contribution < 1.29 is 5.11 Å². The van der Waals surface area contributed by atoms with E-state index in [1.165, 1.54) is 0 Å². The maximum atomic E-state index is 9.30. The number of allylic oxidation sites excluding steroid dienone is 7. The fourth-order valence-corrected chi connectivity index (χ4v) is 0.932. The lowest BCUT2D eigenvalue weighted by Gasteiger charge is -2.05. The molecular formula is C10H12O. The summed E-state index contributed by atoms with van der Waals surface area (Å²) in [6.07, 6.45) is 12.2. The molecule has 1 aliphatic carbocycles. The molecular weight excluding hydrogens is 136 g/mol. The number of hydrogen-bond donors (Lipinski definition) is 1. The zero-order valence-electron chi connectivity index (χ0n) is 6.62. The smallest absolute Gasteiger partial charge is 0.119 e. The molecule has 1 nitrogen and oxygen atoms in total. The number of hydrogen-bond acceptors (Lipinski definition) is 1. The Kier molecular flexibility index (Phi) is 2.73. The minimum Gasteiger partial charge on any atom is -0.508 e. The zero-order valence-corrected chi connectivity index (χ0v) is 6.62. The summed E-state index contributed by atoms with van der Waals surface area (Å²) >= 11 is 0. The molecule has 1 heteroatoms. The number of rotatable bonds is 1. The molecule has 0 aromatic carbocycles. The van der Waals surface area contributed by atoms with Crippen molar-refractivity contribution in [1.82, 2.24) is 0 Å². The van der Waals surface area contributed by atoms with Crippen molar-refractivity contribution in [1.29, 1.82) is 0 Å². The summed E-state index contributed by atoms with van der Waals surface area (Å²) in [5.74, 6) is 0.380. The van der Waals surface area contributed by atoms with Crippen molar-refractivity contribution in [2.45, 2.75) is 13.3 Å². The monoisotopic (exact) mass is 148 g/mol. The lowest BCUT2D eigenvalue weighted by Crippen LogP contribution is -1.90. The van der Waals surface area contributed by atoms with Gasteiger partial charge < -0.3 is 5.11 Å². The van der Waals surface area contributed by atoms with Crippen LogP contribution in [-0.2, 0) is 0 Å². The van der Waals surface area contributed by atoms with E-state index >= 15 is 0 Å². The SMILES string of the molecule is C/C=C\C=C1/CC=CC=C1O. The minimum absolute atomic E-state index is 0.380. The second kappa shape index (κ2) is 3.81. The molecule has 0 fully saturated rings. The van der Waals surface area contributed by atoms with Gasteiger partial charge in [0.05, 0.1) is 0 Å². The second-order valence-electron chi connectivity index (χ2n) is 2.40. The average molecular weight is 148 g/mol. The van der Waals surface area contributed by atoms with E-state index in [2.05, 4.69) is 0 Å². The summed E-state index contributed by atoms with van der Waals surface area (Å²) in [6.45, 7) is 1.95. The van der Waals surface area contributed by atoms with Crippen LogP contribution in [0.15, 0.2) is 47.8 Å². The Morgan fingerprint density at radius 1 is 1.55 bits per heavy atom. The standard InChI is InChI=1S/C10H12O/c1-2-3-6-9-7-4-5-8-10(9)11/h2-6,8,11H,7H2,1H3/b3-2-,9-6+. The third kappa shape index (κ3) is 2.11. The van der Waals surface area contributed by atoms with Crippen LogP contribution in [0.1, 0.15) is 13.3 Å². The average Bonchev–Trinajstić information content (AvgIpc) is 2.03. The molecule has 1 rings (SSSR count). The fourth-order valence-electron chi connectivity index (χ4n) is 0.932. The summed E-state index contributed by atoms with van der Waals surface area (Å²) in [5.41, 5.74) is 0.977. The molecule has 0 saturated heterocycles. The number of aliphatic hydroxyl groups is 1. The Bertz CT molecular complexity index is 242. The van der Waals surface area contributed by atoms with Gasteiger partial charge in [0.2, 0.25) is 0 Å². The van der Waals surface area contributed by atoms with E-state index in [9.17, 15) is 5.11 Å². The summed E-state index contributed by atoms with van der Waals surface area (Å²) < 4.78 is 0. The molecule has 0 spiro atoms. The van der Waals surface area contributed by atoms with Crippen LogP contribution < -0.4 is 0 Å². The van der Waals surface area contributed by atoms with Crippen molar-refractivity contribution in [3.63, 3.8) is 0 Å². The van der Waals surface area contributed by atoms with Gasteiger partial charge in [0, 0.05) is 0 Å². The van der Waals surface area contributed by atoms with Crippen molar-refractivity contribution in [3.05, 3.63) is 47.8 Å². The normalized spacial score (nSPS) is 21.2. The van der Waals surface area contributed by atoms with Crippen LogP contribution in [0.25, 0.3) is 0 Å². The van der Waals surface area contributed by atoms with E-state index in [0.29, 0.717) is 5.76 Å². The Morgan fingerprint density at radius 3 is 3.00 bits per heavy atom. The molecule has 0 saturated carbocycles. The van der Waals surface area contributed by atoms with Gasteiger partial charge >= 0.3 is 0 Å². The van der Waals surface area contributed by atoms with Crippen molar-refractivity contribution >= 4 is 0 Å². The molecule has 0 heterocycles. The topological polar surface area (TPSA) is 20.2 Å². The maximum Gasteiger partial charge on any atom is 0.119 e. The van der Waals surface area contributed by atoms with Crippen LogP contribution in [0, 0.1) is 0 Å². The fraction of sp³-hybridized carbons (Fsp3) is 0.200. The number of aliphatic hydroxyl groups excluding tert-OH is 1. The summed E-state index contributed by atoms with van der Waals surface area (Å²) in [4.78, 5) is 0. The van der Waals surface area contributed by atoms with Crippen LogP contribution in [0.2, 0.25) is 0 Å². The third-order valence-corrected chi connectivity index (χ3v) is 1.55. The zero-order chi connectivity index (χ0) is 8.10.